The van der Waals surface area contributed by atoms with E-state index in [4.69, 9.17) is 5.80 Å². The van der Waals surface area contributed by atoms with Crippen LogP contribution in [0.1, 0.15) is 41.9 Å². The molecule has 0 rings (SSSR count). The van der Waals surface area contributed by atoms with Gasteiger partial charge in [0.25, 0.3) is 0 Å². The van der Waals surface area contributed by atoms with Crippen molar-refractivity contribution in [2.24, 2.45) is 0 Å². The number of allylic oxidation sites excluding steroid dienone is 2. The van der Waals surface area contributed by atoms with Gasteiger partial charge in [0.1, 0.15) is 0 Å². The maximum Gasteiger partial charge on any atom is 0.191 e. The molecule has 0 saturated carbocycles. The molecule has 0 unspecified atom stereocenters. The van der Waals surface area contributed by atoms with Crippen LogP contribution in [0.25, 0.3) is 0 Å². The van der Waals surface area contributed by atoms with E-state index in [1.54, 1.807) is 0 Å². The number of rotatable bonds is 5. The van der Waals surface area contributed by atoms with Crippen LogP contribution in [0.3, 0.4) is 0 Å². The summed E-state index contributed by atoms with van der Waals surface area (Å²) in [5.74, 6) is 0. The van der Waals surface area contributed by atoms with Crippen LogP contribution in [-0.2, 0) is 4.43 Å². The molecule has 0 saturated heterocycles. The van der Waals surface area contributed by atoms with Crippen LogP contribution in [0.15, 0.2) is 12.2 Å². The minimum atomic E-state index is -1.53. The molecule has 84 valence electrons. The summed E-state index contributed by atoms with van der Waals surface area (Å²) in [6.45, 7) is 12.6. The van der Waals surface area contributed by atoms with Gasteiger partial charge < -0.3 is 4.43 Å². The minimum Gasteiger partial charge on any atom is -0.417 e. The van der Waals surface area contributed by atoms with Gasteiger partial charge in [0.05, 0.1) is 0 Å². The molecule has 0 atom stereocenters. The van der Waals surface area contributed by atoms with Crippen molar-refractivity contribution >= 4 is 8.32 Å². The summed E-state index contributed by atoms with van der Waals surface area (Å²) in [5.41, 5.74) is 0. The van der Waals surface area contributed by atoms with Crippen molar-refractivity contribution in [3.05, 3.63) is 12.2 Å². The first-order chi connectivity index (χ1) is 6.81. The predicted octanol–water partition coefficient (Wildman–Crippen LogP) is 4.36. The number of hydrogen-bond acceptors (Lipinski definition) is 1. The fraction of sp³-hybridized carbons (Fsp3) is 0.833. The molecule has 0 aliphatic rings. The molecule has 2 heteroatoms. The van der Waals surface area contributed by atoms with Crippen LogP contribution in [0, 0.1) is 0 Å². The van der Waals surface area contributed by atoms with Gasteiger partial charge in [-0.25, -0.2) is 0 Å². The van der Waals surface area contributed by atoms with Crippen molar-refractivity contribution in [1.82, 2.24) is 0 Å². The lowest BCUT2D eigenvalue weighted by Crippen LogP contribution is -2.40. The highest BCUT2D eigenvalue weighted by Crippen LogP contribution is 2.36. The van der Waals surface area contributed by atoms with Gasteiger partial charge >= 0.3 is 0 Å². The Labute approximate surface area is 92.1 Å². The Balaban J connectivity index is 3.72. The van der Waals surface area contributed by atoms with Crippen LogP contribution >= 0.6 is 0 Å². The highest BCUT2D eigenvalue weighted by atomic mass is 28.4. The summed E-state index contributed by atoms with van der Waals surface area (Å²) in [4.78, 5) is 0. The second-order valence-electron chi connectivity index (χ2n) is 5.22. The molecule has 0 bridgehead atoms. The van der Waals surface area contributed by atoms with Gasteiger partial charge in [-0.05, 0) is 37.9 Å². The largest absolute Gasteiger partial charge is 0.417 e. The molecule has 0 amide bonds. The molecule has 0 aliphatic carbocycles. The first kappa shape index (κ1) is 12.0. The lowest BCUT2D eigenvalue weighted by molar-refractivity contribution is 0.283. The van der Waals surface area contributed by atoms with Gasteiger partial charge in [-0.3, -0.25) is 0 Å². The Kier molecular flexibility index (Phi) is 4.89. The van der Waals surface area contributed by atoms with Crippen molar-refractivity contribution in [3.8, 4) is 0 Å². The molecule has 0 N–H and O–H groups in total. The number of hydrogen-bond donors (Lipinski definition) is 0. The summed E-state index contributed by atoms with van der Waals surface area (Å²) in [6.07, 6.45) is 6.07. The van der Waals surface area contributed by atoms with E-state index in [1.807, 2.05) is 6.08 Å². The smallest absolute Gasteiger partial charge is 0.191 e. The third-order valence-electron chi connectivity index (χ3n) is 2.95. The molecular weight excluding hydrogens is 188 g/mol. The van der Waals surface area contributed by atoms with Gasteiger partial charge in [-0.1, -0.05) is 32.9 Å². The van der Waals surface area contributed by atoms with Crippen LogP contribution < -0.4 is 0 Å². The molecule has 0 aromatic carbocycles. The second-order valence-corrected chi connectivity index (χ2v) is 10.0. The van der Waals surface area contributed by atoms with E-state index in [-0.39, 0.29) is 0 Å². The average molecular weight is 215 g/mol. The van der Waals surface area contributed by atoms with Gasteiger partial charge in [-0.2, -0.15) is 0 Å². The van der Waals surface area contributed by atoms with E-state index in [1.165, 1.54) is 0 Å². The zero-order valence-electron chi connectivity index (χ0n) is 11.4. The van der Waals surface area contributed by atoms with Crippen molar-refractivity contribution in [2.75, 3.05) is 6.61 Å². The topological polar surface area (TPSA) is 9.23 Å². The molecule has 0 spiro atoms. The Hall–Kier alpha value is -0.0831. The maximum absolute atomic E-state index is 6.95. The van der Waals surface area contributed by atoms with Crippen LogP contribution in [0.5, 0.6) is 0 Å². The summed E-state index contributed by atoms with van der Waals surface area (Å²) < 4.78 is 13.0. The summed E-state index contributed by atoms with van der Waals surface area (Å²) >= 11 is 0. The fourth-order valence-electron chi connectivity index (χ4n) is 0.863. The Morgan fingerprint density at radius 2 is 2.00 bits per heavy atom. The van der Waals surface area contributed by atoms with Crippen LogP contribution in [0.4, 0.5) is 0 Å². The highest BCUT2D eigenvalue weighted by Gasteiger charge is 2.36. The molecule has 14 heavy (non-hydrogen) atoms. The van der Waals surface area contributed by atoms with E-state index in [9.17, 15) is 0 Å². The van der Waals surface area contributed by atoms with Crippen molar-refractivity contribution in [3.63, 3.8) is 0 Å². The predicted molar refractivity (Wildman–Crippen MR) is 67.2 cm³/mol. The van der Waals surface area contributed by atoms with Gasteiger partial charge in [0.2, 0.25) is 0 Å². The Morgan fingerprint density at radius 3 is 2.50 bits per heavy atom. The first-order valence-electron chi connectivity index (χ1n) is 6.10. The Bertz CT molecular complexity index is 194. The van der Waals surface area contributed by atoms with Gasteiger partial charge in [0, 0.05) is 7.98 Å². The molecule has 0 radical (unpaired) electrons. The van der Waals surface area contributed by atoms with Gasteiger partial charge in [-0.15, -0.1) is 0 Å². The SMILES string of the molecule is [2H]C/C=C\CCCO[Si](C)(C)C(C)(C)C. The van der Waals surface area contributed by atoms with Gasteiger partial charge in [0.15, 0.2) is 8.32 Å². The second kappa shape index (κ2) is 5.71. The average Bonchev–Trinajstić information content (AvgIpc) is 2.09. The van der Waals surface area contributed by atoms with Crippen LogP contribution in [-0.4, -0.2) is 14.9 Å². The number of unbranched alkanes of at least 4 members (excludes halogenated alkanes) is 1. The lowest BCUT2D eigenvalue weighted by atomic mass is 10.2. The zero-order valence-corrected chi connectivity index (χ0v) is 11.4. The molecule has 0 aliphatic heterocycles. The van der Waals surface area contributed by atoms with E-state index in [2.05, 4.69) is 39.9 Å². The molecule has 0 aromatic heterocycles. The summed E-state index contributed by atoms with van der Waals surface area (Å²) in [5, 5.41) is 0.310. The van der Waals surface area contributed by atoms with Crippen molar-refractivity contribution in [1.29, 1.82) is 0 Å². The molecule has 0 fully saturated rings. The normalized spacial score (nSPS) is 14.8. The van der Waals surface area contributed by atoms with Crippen LogP contribution in [0.2, 0.25) is 18.1 Å². The lowest BCUT2D eigenvalue weighted by Gasteiger charge is -2.36. The Morgan fingerprint density at radius 1 is 1.36 bits per heavy atom. The first-order valence-corrected chi connectivity index (χ1v) is 8.30. The fourth-order valence-corrected chi connectivity index (χ4v) is 1.95. The van der Waals surface area contributed by atoms with E-state index < -0.39 is 8.32 Å². The zero-order chi connectivity index (χ0) is 11.9. The molecule has 0 aromatic rings. The van der Waals surface area contributed by atoms with Crippen molar-refractivity contribution < 1.29 is 5.80 Å². The summed E-state index contributed by atoms with van der Waals surface area (Å²) in [6, 6.07) is 0. The monoisotopic (exact) mass is 215 g/mol. The third-order valence-corrected chi connectivity index (χ3v) is 7.49. The standard InChI is InChI=1S/C12H26OSi/c1-7-8-9-10-11-13-14(5,6)12(2,3)4/h7-8H,9-11H2,1-6H3/b8-7-/i1D. The molecular formula is C12H26OSi. The van der Waals surface area contributed by atoms with E-state index >= 15 is 0 Å². The molecule has 1 nitrogen and oxygen atoms in total. The van der Waals surface area contributed by atoms with E-state index in [0.717, 1.165) is 19.4 Å². The summed E-state index contributed by atoms with van der Waals surface area (Å²) in [7, 11) is -1.53. The molecule has 0 heterocycles. The third kappa shape index (κ3) is 4.96. The van der Waals surface area contributed by atoms with Crippen molar-refractivity contribution in [2.45, 2.75) is 58.6 Å². The maximum atomic E-state index is 6.95. The quantitative estimate of drug-likeness (QED) is 0.376. The van der Waals surface area contributed by atoms with E-state index in [0.29, 0.717) is 11.9 Å². The minimum absolute atomic E-state index is 0.310. The highest BCUT2D eigenvalue weighted by molar-refractivity contribution is 6.74.